The number of esters is 1. The zero-order valence-corrected chi connectivity index (χ0v) is 15.6. The maximum absolute atomic E-state index is 11.4. The minimum Gasteiger partial charge on any atom is -1.00 e. The second kappa shape index (κ2) is 12.4. The summed E-state index contributed by atoms with van der Waals surface area (Å²) < 4.78 is 37.4. The van der Waals surface area contributed by atoms with Gasteiger partial charge in [-0.05, 0) is 12.3 Å². The van der Waals surface area contributed by atoms with Crippen LogP contribution >= 0.6 is 0 Å². The van der Waals surface area contributed by atoms with Crippen LogP contribution in [0.1, 0.15) is 53.8 Å². The van der Waals surface area contributed by atoms with Gasteiger partial charge in [-0.3, -0.25) is 14.1 Å². The third kappa shape index (κ3) is 14.5. The molecule has 0 aliphatic carbocycles. The maximum atomic E-state index is 11.4. The van der Waals surface area contributed by atoms with Gasteiger partial charge in [0.2, 0.25) is 0 Å². The van der Waals surface area contributed by atoms with Gasteiger partial charge in [0.25, 0.3) is 0 Å². The van der Waals surface area contributed by atoms with Gasteiger partial charge < -0.3 is 10.3 Å². The van der Waals surface area contributed by atoms with E-state index in [-0.39, 0.29) is 37.4 Å². The number of hydrogen-bond donors (Lipinski definition) is 1. The topological polar surface area (TPSA) is 107 Å². The molecule has 0 aliphatic rings. The fourth-order valence-corrected chi connectivity index (χ4v) is 1.86. The molecule has 0 rings (SSSR count). The molecule has 0 aliphatic heterocycles. The quantitative estimate of drug-likeness (QED) is 0.310. The molecule has 0 saturated carbocycles. The van der Waals surface area contributed by atoms with Gasteiger partial charge in [-0.25, -0.2) is 0 Å². The summed E-state index contributed by atoms with van der Waals surface area (Å²) in [6, 6.07) is 0. The first-order valence-electron chi connectivity index (χ1n) is 6.63. The van der Waals surface area contributed by atoms with E-state index in [9.17, 15) is 18.0 Å². The zero-order valence-electron chi connectivity index (χ0n) is 13.8. The van der Waals surface area contributed by atoms with E-state index >= 15 is 0 Å². The average Bonchev–Trinajstić information content (AvgIpc) is 2.34. The van der Waals surface area contributed by atoms with Gasteiger partial charge in [0.15, 0.2) is 0 Å². The molecule has 0 aromatic carbocycles. The average molecular weight is 334 g/mol. The molecule has 120 valence electrons. The summed E-state index contributed by atoms with van der Waals surface area (Å²) in [5, 5.41) is 0. The van der Waals surface area contributed by atoms with Crippen LogP contribution in [-0.4, -0.2) is 31.5 Å². The molecule has 0 saturated heterocycles. The Morgan fingerprint density at radius 3 is 2.24 bits per heavy atom. The first kappa shape index (κ1) is 23.1. The number of hydrogen-bond acceptors (Lipinski definition) is 6. The summed E-state index contributed by atoms with van der Waals surface area (Å²) in [5.74, 6) is -1.49. The molecule has 9 heteroatoms. The summed E-state index contributed by atoms with van der Waals surface area (Å²) in [6.07, 6.45) is 3.29. The monoisotopic (exact) mass is 334 g/mol. The third-order valence-corrected chi connectivity index (χ3v) is 3.15. The fraction of sp³-hybridized carbons (Fsp3) is 0.833. The van der Waals surface area contributed by atoms with Gasteiger partial charge in [-0.2, -0.15) is 8.42 Å². The van der Waals surface area contributed by atoms with Crippen molar-refractivity contribution in [1.82, 2.24) is 0 Å². The van der Waals surface area contributed by atoms with E-state index in [4.69, 9.17) is 9.29 Å². The molecule has 0 spiro atoms. The maximum Gasteiger partial charge on any atom is 1.00 e. The Morgan fingerprint density at radius 1 is 1.19 bits per heavy atom. The van der Waals surface area contributed by atoms with E-state index in [0.29, 0.717) is 12.5 Å². The van der Waals surface area contributed by atoms with E-state index in [0.717, 1.165) is 25.7 Å². The second-order valence-electron chi connectivity index (χ2n) is 4.48. The van der Waals surface area contributed by atoms with Crippen LogP contribution in [0.5, 0.6) is 0 Å². The van der Waals surface area contributed by atoms with Crippen LogP contribution in [0.3, 0.4) is 0 Å². The van der Waals surface area contributed by atoms with Crippen molar-refractivity contribution in [3.05, 3.63) is 0 Å². The van der Waals surface area contributed by atoms with Gasteiger partial charge in [0.05, 0.1) is 19.4 Å². The van der Waals surface area contributed by atoms with Crippen molar-refractivity contribution in [2.45, 2.75) is 52.4 Å². The van der Waals surface area contributed by atoms with Crippen LogP contribution in [0, 0.1) is 5.92 Å². The Balaban J connectivity index is -0.00000180. The van der Waals surface area contributed by atoms with Gasteiger partial charge in [-0.15, -0.1) is 0 Å². The van der Waals surface area contributed by atoms with E-state index < -0.39 is 28.8 Å². The molecule has 0 amide bonds. The number of carbonyl (C=O) groups excluding carboxylic acids is 2. The van der Waals surface area contributed by atoms with Crippen molar-refractivity contribution in [2.24, 2.45) is 5.92 Å². The summed E-state index contributed by atoms with van der Waals surface area (Å²) in [7, 11) is -4.81. The van der Waals surface area contributed by atoms with E-state index in [1.165, 1.54) is 0 Å². The summed E-state index contributed by atoms with van der Waals surface area (Å²) in [4.78, 5) is 22.3. The Bertz CT molecular complexity index is 414. The SMILES string of the molecule is CCCCC(CC)COC(=O)CCC(=O)OS(=O)(=O)O.[H-].[Na+]. The molecule has 1 unspecified atom stereocenters. The Kier molecular flexibility index (Phi) is 13.7. The first-order valence-corrected chi connectivity index (χ1v) is 8.00. The standard InChI is InChI=1S/C12H22O7S.Na.H/c1-3-5-6-10(4-2)9-18-11(13)7-8-12(14)19-20(15,16)17;;/h10H,3-9H2,1-2H3,(H,15,16,17);;/q;+1;-1. The normalized spacial score (nSPS) is 12.1. The fourth-order valence-electron chi connectivity index (χ4n) is 1.54. The largest absolute Gasteiger partial charge is 1.00 e. The van der Waals surface area contributed by atoms with Crippen molar-refractivity contribution >= 4 is 22.3 Å². The molecule has 0 radical (unpaired) electrons. The molecule has 0 aromatic heterocycles. The van der Waals surface area contributed by atoms with Crippen LogP contribution in [-0.2, 0) is 28.9 Å². The minimum absolute atomic E-state index is 0. The predicted octanol–water partition coefficient (Wildman–Crippen LogP) is -1.01. The minimum atomic E-state index is -4.81. The van der Waals surface area contributed by atoms with Crippen molar-refractivity contribution in [1.29, 1.82) is 0 Å². The van der Waals surface area contributed by atoms with Crippen LogP contribution in [0.4, 0.5) is 0 Å². The van der Waals surface area contributed by atoms with Gasteiger partial charge in [-0.1, -0.05) is 33.1 Å². The summed E-state index contributed by atoms with van der Waals surface area (Å²) in [6.45, 7) is 4.39. The number of carbonyl (C=O) groups is 2. The molecule has 1 atom stereocenters. The second-order valence-corrected chi connectivity index (χ2v) is 5.50. The van der Waals surface area contributed by atoms with Crippen molar-refractivity contribution < 1.29 is 62.5 Å². The van der Waals surface area contributed by atoms with Gasteiger partial charge in [0.1, 0.15) is 0 Å². The molecule has 0 heterocycles. The molecule has 0 aromatic rings. The van der Waals surface area contributed by atoms with Crippen LogP contribution in [0.2, 0.25) is 0 Å². The Morgan fingerprint density at radius 2 is 1.76 bits per heavy atom. The van der Waals surface area contributed by atoms with Crippen molar-refractivity contribution in [3.63, 3.8) is 0 Å². The molecular weight excluding hydrogens is 311 g/mol. The number of unbranched alkanes of at least 4 members (excludes halogenated alkanes) is 1. The molecule has 0 fully saturated rings. The summed E-state index contributed by atoms with van der Waals surface area (Å²) in [5.41, 5.74) is 0. The van der Waals surface area contributed by atoms with E-state index in [1.54, 1.807) is 0 Å². The van der Waals surface area contributed by atoms with Gasteiger partial charge >= 0.3 is 51.9 Å². The van der Waals surface area contributed by atoms with Crippen LogP contribution < -0.4 is 29.6 Å². The number of rotatable bonds is 10. The molecule has 0 bridgehead atoms. The van der Waals surface area contributed by atoms with Gasteiger partial charge in [0, 0.05) is 0 Å². The molecular formula is C12H23NaO7S. The van der Waals surface area contributed by atoms with E-state index in [1.807, 2.05) is 6.92 Å². The Labute approximate surface area is 149 Å². The zero-order chi connectivity index (χ0) is 15.6. The third-order valence-electron chi connectivity index (χ3n) is 2.75. The smallest absolute Gasteiger partial charge is 1.00 e. The molecule has 21 heavy (non-hydrogen) atoms. The summed E-state index contributed by atoms with van der Waals surface area (Å²) >= 11 is 0. The molecule has 1 N–H and O–H groups in total. The first-order chi connectivity index (χ1) is 9.28. The van der Waals surface area contributed by atoms with Crippen LogP contribution in [0.15, 0.2) is 0 Å². The van der Waals surface area contributed by atoms with Crippen LogP contribution in [0.25, 0.3) is 0 Å². The molecule has 7 nitrogen and oxygen atoms in total. The van der Waals surface area contributed by atoms with Crippen molar-refractivity contribution in [3.8, 4) is 0 Å². The van der Waals surface area contributed by atoms with Crippen molar-refractivity contribution in [2.75, 3.05) is 6.61 Å². The predicted molar refractivity (Wildman–Crippen MR) is 72.3 cm³/mol. The Hall–Kier alpha value is -0.150. The van der Waals surface area contributed by atoms with E-state index in [2.05, 4.69) is 11.1 Å². The number of ether oxygens (including phenoxy) is 1.